The second-order valence-corrected chi connectivity index (χ2v) is 6.17. The molecule has 0 aliphatic heterocycles. The van der Waals surface area contributed by atoms with Crippen LogP contribution in [0.2, 0.25) is 0 Å². The Morgan fingerprint density at radius 2 is 1.76 bits per heavy atom. The predicted molar refractivity (Wildman–Crippen MR) is 85.5 cm³/mol. The molecule has 2 rings (SSSR count). The van der Waals surface area contributed by atoms with Crippen molar-refractivity contribution in [3.8, 4) is 11.5 Å². The van der Waals surface area contributed by atoms with E-state index in [1.54, 1.807) is 6.07 Å². The Bertz CT molecular complexity index is 574. The standard InChI is InChI=1S/C18H23NO2/c1-18(2,3)19-12-15-9-10-16(11-17(15)20)21-13-14-7-5-4-6-8-14/h4-11,19-20H,12-13H2,1-3H3. The maximum atomic E-state index is 10.1. The minimum atomic E-state index is 0.0227. The molecule has 3 nitrogen and oxygen atoms in total. The van der Waals surface area contributed by atoms with E-state index in [4.69, 9.17) is 4.74 Å². The van der Waals surface area contributed by atoms with Gasteiger partial charge in [0.15, 0.2) is 0 Å². The van der Waals surface area contributed by atoms with Crippen molar-refractivity contribution in [2.75, 3.05) is 0 Å². The minimum Gasteiger partial charge on any atom is -0.507 e. The number of hydrogen-bond donors (Lipinski definition) is 2. The van der Waals surface area contributed by atoms with Gasteiger partial charge in [0.1, 0.15) is 18.1 Å². The van der Waals surface area contributed by atoms with Gasteiger partial charge in [0, 0.05) is 23.7 Å². The summed E-state index contributed by atoms with van der Waals surface area (Å²) in [6.07, 6.45) is 0. The highest BCUT2D eigenvalue weighted by Gasteiger charge is 2.10. The van der Waals surface area contributed by atoms with Crippen LogP contribution >= 0.6 is 0 Å². The molecule has 0 bridgehead atoms. The van der Waals surface area contributed by atoms with Gasteiger partial charge >= 0.3 is 0 Å². The molecule has 0 saturated carbocycles. The molecule has 0 aromatic heterocycles. The lowest BCUT2D eigenvalue weighted by Crippen LogP contribution is -2.35. The van der Waals surface area contributed by atoms with Gasteiger partial charge in [-0.1, -0.05) is 36.4 Å². The van der Waals surface area contributed by atoms with Crippen LogP contribution in [0.1, 0.15) is 31.9 Å². The fraction of sp³-hybridized carbons (Fsp3) is 0.333. The summed E-state index contributed by atoms with van der Waals surface area (Å²) in [6, 6.07) is 15.4. The summed E-state index contributed by atoms with van der Waals surface area (Å²) >= 11 is 0. The molecule has 0 aliphatic carbocycles. The summed E-state index contributed by atoms with van der Waals surface area (Å²) in [4.78, 5) is 0. The molecule has 2 aromatic rings. The third-order valence-corrected chi connectivity index (χ3v) is 3.11. The molecule has 3 heteroatoms. The van der Waals surface area contributed by atoms with Gasteiger partial charge in [0.05, 0.1) is 0 Å². The van der Waals surface area contributed by atoms with Gasteiger partial charge in [-0.15, -0.1) is 0 Å². The summed E-state index contributed by atoms with van der Waals surface area (Å²) in [6.45, 7) is 7.43. The Labute approximate surface area is 126 Å². The zero-order chi connectivity index (χ0) is 15.3. The average Bonchev–Trinajstić information content (AvgIpc) is 2.44. The van der Waals surface area contributed by atoms with Crippen molar-refractivity contribution in [2.45, 2.75) is 39.5 Å². The van der Waals surface area contributed by atoms with Crippen LogP contribution in [0.25, 0.3) is 0 Å². The lowest BCUT2D eigenvalue weighted by atomic mass is 10.1. The lowest BCUT2D eigenvalue weighted by molar-refractivity contribution is 0.304. The summed E-state index contributed by atoms with van der Waals surface area (Å²) in [5, 5.41) is 13.4. The maximum absolute atomic E-state index is 10.1. The minimum absolute atomic E-state index is 0.0227. The van der Waals surface area contributed by atoms with E-state index in [1.807, 2.05) is 42.5 Å². The van der Waals surface area contributed by atoms with E-state index in [0.29, 0.717) is 18.9 Å². The zero-order valence-corrected chi connectivity index (χ0v) is 12.9. The fourth-order valence-corrected chi connectivity index (χ4v) is 1.88. The van der Waals surface area contributed by atoms with Crippen molar-refractivity contribution in [3.05, 3.63) is 59.7 Å². The average molecular weight is 285 g/mol. The lowest BCUT2D eigenvalue weighted by Gasteiger charge is -2.21. The van der Waals surface area contributed by atoms with E-state index in [0.717, 1.165) is 11.1 Å². The van der Waals surface area contributed by atoms with Gasteiger partial charge in [-0.25, -0.2) is 0 Å². The molecule has 0 radical (unpaired) electrons. The van der Waals surface area contributed by atoms with Crippen molar-refractivity contribution in [2.24, 2.45) is 0 Å². The molecule has 0 unspecified atom stereocenters. The summed E-state index contributed by atoms with van der Waals surface area (Å²) in [7, 11) is 0. The van der Waals surface area contributed by atoms with Crippen LogP contribution in [0.3, 0.4) is 0 Å². The number of rotatable bonds is 5. The Morgan fingerprint density at radius 1 is 1.05 bits per heavy atom. The third-order valence-electron chi connectivity index (χ3n) is 3.11. The molecule has 0 saturated heterocycles. The van der Waals surface area contributed by atoms with E-state index < -0.39 is 0 Å². The number of ether oxygens (including phenoxy) is 1. The van der Waals surface area contributed by atoms with Gasteiger partial charge in [0.2, 0.25) is 0 Å². The van der Waals surface area contributed by atoms with Gasteiger partial charge in [0.25, 0.3) is 0 Å². The van der Waals surface area contributed by atoms with Gasteiger partial charge < -0.3 is 15.2 Å². The number of phenols is 1. The first-order valence-electron chi connectivity index (χ1n) is 7.18. The Hall–Kier alpha value is -2.00. The van der Waals surface area contributed by atoms with Gasteiger partial charge in [-0.2, -0.15) is 0 Å². The highest BCUT2D eigenvalue weighted by molar-refractivity contribution is 5.39. The monoisotopic (exact) mass is 285 g/mol. The molecule has 2 N–H and O–H groups in total. The normalized spacial score (nSPS) is 11.4. The highest BCUT2D eigenvalue weighted by Crippen LogP contribution is 2.24. The first kappa shape index (κ1) is 15.4. The largest absolute Gasteiger partial charge is 0.507 e. The van der Waals surface area contributed by atoms with Crippen molar-refractivity contribution < 1.29 is 9.84 Å². The van der Waals surface area contributed by atoms with Crippen molar-refractivity contribution >= 4 is 0 Å². The van der Waals surface area contributed by atoms with Crippen LogP contribution in [0.4, 0.5) is 0 Å². The molecule has 0 aliphatic rings. The number of hydrogen-bond acceptors (Lipinski definition) is 3. The molecule has 0 spiro atoms. The molecule has 112 valence electrons. The van der Waals surface area contributed by atoms with E-state index >= 15 is 0 Å². The molecular weight excluding hydrogens is 262 g/mol. The Balaban J connectivity index is 1.95. The second kappa shape index (κ2) is 6.64. The van der Waals surface area contributed by atoms with Crippen LogP contribution in [0.15, 0.2) is 48.5 Å². The maximum Gasteiger partial charge on any atom is 0.123 e. The summed E-state index contributed by atoms with van der Waals surface area (Å²) < 4.78 is 5.69. The zero-order valence-electron chi connectivity index (χ0n) is 12.9. The van der Waals surface area contributed by atoms with Crippen LogP contribution in [-0.2, 0) is 13.2 Å². The first-order valence-corrected chi connectivity index (χ1v) is 7.18. The Morgan fingerprint density at radius 3 is 2.38 bits per heavy atom. The van der Waals surface area contributed by atoms with Crippen molar-refractivity contribution in [3.63, 3.8) is 0 Å². The molecule has 0 fully saturated rings. The topological polar surface area (TPSA) is 41.5 Å². The number of nitrogens with one attached hydrogen (secondary N) is 1. The van der Waals surface area contributed by atoms with E-state index in [2.05, 4.69) is 26.1 Å². The molecular formula is C18H23NO2. The van der Waals surface area contributed by atoms with Crippen LogP contribution < -0.4 is 10.1 Å². The molecule has 2 aromatic carbocycles. The molecule has 21 heavy (non-hydrogen) atoms. The van der Waals surface area contributed by atoms with E-state index in [9.17, 15) is 5.11 Å². The van der Waals surface area contributed by atoms with Gasteiger partial charge in [-0.3, -0.25) is 0 Å². The fourth-order valence-electron chi connectivity index (χ4n) is 1.88. The predicted octanol–water partition coefficient (Wildman–Crippen LogP) is 3.86. The van der Waals surface area contributed by atoms with Crippen LogP contribution in [0.5, 0.6) is 11.5 Å². The molecule has 0 atom stereocenters. The van der Waals surface area contributed by atoms with E-state index in [-0.39, 0.29) is 11.3 Å². The third kappa shape index (κ3) is 5.12. The van der Waals surface area contributed by atoms with Gasteiger partial charge in [-0.05, 0) is 32.4 Å². The second-order valence-electron chi connectivity index (χ2n) is 6.17. The van der Waals surface area contributed by atoms with Crippen LogP contribution in [0, 0.1) is 0 Å². The quantitative estimate of drug-likeness (QED) is 0.876. The number of aromatic hydroxyl groups is 1. The van der Waals surface area contributed by atoms with Crippen LogP contribution in [-0.4, -0.2) is 10.6 Å². The summed E-state index contributed by atoms with van der Waals surface area (Å²) in [5.74, 6) is 0.938. The highest BCUT2D eigenvalue weighted by atomic mass is 16.5. The van der Waals surface area contributed by atoms with E-state index in [1.165, 1.54) is 0 Å². The molecule has 0 heterocycles. The number of benzene rings is 2. The number of phenolic OH excluding ortho intramolecular Hbond substituents is 1. The van der Waals surface area contributed by atoms with Crippen molar-refractivity contribution in [1.82, 2.24) is 5.32 Å². The molecule has 0 amide bonds. The Kier molecular flexibility index (Phi) is 4.86. The SMILES string of the molecule is CC(C)(C)NCc1ccc(OCc2ccccc2)cc1O. The smallest absolute Gasteiger partial charge is 0.123 e. The van der Waals surface area contributed by atoms with Crippen molar-refractivity contribution in [1.29, 1.82) is 0 Å². The first-order chi connectivity index (χ1) is 9.94. The summed E-state index contributed by atoms with van der Waals surface area (Å²) in [5.41, 5.74) is 2.00.